The third kappa shape index (κ3) is 4.78. The largest absolute Gasteiger partial charge is 0.311 e. The fraction of sp³-hybridized carbons (Fsp3) is 1.00. The summed E-state index contributed by atoms with van der Waals surface area (Å²) in [6.07, 6.45) is 7.72. The fourth-order valence-corrected chi connectivity index (χ4v) is 3.10. The average molecular weight is 229 g/mol. The van der Waals surface area contributed by atoms with E-state index in [1.54, 1.807) is 0 Å². The molecule has 4 atom stereocenters. The number of nitrogens with one attached hydrogen (secondary N) is 1. The van der Waals surface area contributed by atoms with Crippen molar-refractivity contribution in [1.29, 1.82) is 0 Å². The van der Waals surface area contributed by atoms with Crippen LogP contribution in [0.3, 0.4) is 0 Å². The monoisotopic (exact) mass is 229 g/mol. The maximum absolute atomic E-state index is 3.82. The Morgan fingerprint density at radius 1 is 1.33 bits per heavy atom. The fourth-order valence-electron chi connectivity index (χ4n) is 2.51. The molecule has 1 nitrogen and oxygen atoms in total. The van der Waals surface area contributed by atoms with Crippen LogP contribution in [0.5, 0.6) is 0 Å². The van der Waals surface area contributed by atoms with Crippen molar-refractivity contribution in [3.8, 4) is 0 Å². The summed E-state index contributed by atoms with van der Waals surface area (Å²) in [6, 6.07) is 1.46. The van der Waals surface area contributed by atoms with Gasteiger partial charge in [-0.2, -0.15) is 11.8 Å². The molecule has 1 fully saturated rings. The van der Waals surface area contributed by atoms with Crippen molar-refractivity contribution in [2.24, 2.45) is 11.8 Å². The van der Waals surface area contributed by atoms with Crippen LogP contribution in [-0.4, -0.2) is 24.1 Å². The van der Waals surface area contributed by atoms with Gasteiger partial charge in [0.2, 0.25) is 0 Å². The van der Waals surface area contributed by atoms with Crippen molar-refractivity contribution < 1.29 is 0 Å². The molecule has 0 aliphatic heterocycles. The highest BCUT2D eigenvalue weighted by molar-refractivity contribution is 7.98. The first-order valence-corrected chi connectivity index (χ1v) is 7.77. The molecule has 0 heterocycles. The molecule has 0 aromatic carbocycles. The Labute approximate surface area is 99.8 Å². The summed E-state index contributed by atoms with van der Waals surface area (Å²) in [7, 11) is 0. The molecule has 1 N–H and O–H groups in total. The number of hydrogen-bond donors (Lipinski definition) is 1. The van der Waals surface area contributed by atoms with Gasteiger partial charge in [0.05, 0.1) is 0 Å². The molecule has 1 aliphatic rings. The Morgan fingerprint density at radius 2 is 2.07 bits per heavy atom. The second-order valence-corrected chi connectivity index (χ2v) is 6.34. The van der Waals surface area contributed by atoms with E-state index in [4.69, 9.17) is 0 Å². The quantitative estimate of drug-likeness (QED) is 0.774. The Hall–Kier alpha value is 0.310. The van der Waals surface area contributed by atoms with E-state index in [9.17, 15) is 0 Å². The van der Waals surface area contributed by atoms with Crippen molar-refractivity contribution in [3.63, 3.8) is 0 Å². The molecule has 15 heavy (non-hydrogen) atoms. The minimum atomic E-state index is 0.690. The van der Waals surface area contributed by atoms with Crippen LogP contribution < -0.4 is 5.32 Å². The van der Waals surface area contributed by atoms with E-state index in [0.717, 1.165) is 17.9 Å². The van der Waals surface area contributed by atoms with Crippen molar-refractivity contribution in [1.82, 2.24) is 5.32 Å². The van der Waals surface area contributed by atoms with E-state index in [2.05, 4.69) is 32.3 Å². The van der Waals surface area contributed by atoms with Crippen molar-refractivity contribution >= 4 is 11.8 Å². The van der Waals surface area contributed by atoms with E-state index < -0.39 is 0 Å². The molecule has 2 heteroatoms. The second-order valence-electron chi connectivity index (χ2n) is 5.35. The highest BCUT2D eigenvalue weighted by Gasteiger charge is 2.25. The smallest absolute Gasteiger partial charge is 0.00977 e. The summed E-state index contributed by atoms with van der Waals surface area (Å²) in [5, 5.41) is 3.82. The van der Waals surface area contributed by atoms with Crippen LogP contribution in [0.2, 0.25) is 0 Å². The van der Waals surface area contributed by atoms with Crippen molar-refractivity contribution in [3.05, 3.63) is 0 Å². The van der Waals surface area contributed by atoms with Gasteiger partial charge in [-0.1, -0.05) is 20.3 Å². The topological polar surface area (TPSA) is 12.0 Å². The molecule has 0 saturated heterocycles. The molecule has 0 spiro atoms. The van der Waals surface area contributed by atoms with Gasteiger partial charge in [0.15, 0.2) is 0 Å². The van der Waals surface area contributed by atoms with Gasteiger partial charge in [-0.25, -0.2) is 0 Å². The van der Waals surface area contributed by atoms with Gasteiger partial charge in [0.25, 0.3) is 0 Å². The summed E-state index contributed by atoms with van der Waals surface area (Å²) >= 11 is 1.95. The highest BCUT2D eigenvalue weighted by atomic mass is 32.2. The van der Waals surface area contributed by atoms with E-state index in [0.29, 0.717) is 6.04 Å². The molecule has 0 amide bonds. The van der Waals surface area contributed by atoms with Gasteiger partial charge >= 0.3 is 0 Å². The lowest BCUT2D eigenvalue weighted by Crippen LogP contribution is -2.44. The molecule has 1 rings (SSSR count). The molecule has 0 aromatic rings. The zero-order valence-electron chi connectivity index (χ0n) is 10.8. The van der Waals surface area contributed by atoms with Gasteiger partial charge in [-0.15, -0.1) is 0 Å². The summed E-state index contributed by atoms with van der Waals surface area (Å²) in [5.41, 5.74) is 0. The summed E-state index contributed by atoms with van der Waals surface area (Å²) < 4.78 is 0. The van der Waals surface area contributed by atoms with Crippen molar-refractivity contribution in [2.45, 2.75) is 58.5 Å². The lowest BCUT2D eigenvalue weighted by molar-refractivity contribution is 0.215. The van der Waals surface area contributed by atoms with Crippen LogP contribution in [0.15, 0.2) is 0 Å². The Kier molecular flexibility index (Phi) is 6.06. The number of rotatable bonds is 5. The van der Waals surface area contributed by atoms with Crippen LogP contribution in [0.1, 0.15) is 46.5 Å². The zero-order valence-corrected chi connectivity index (χ0v) is 11.6. The summed E-state index contributed by atoms with van der Waals surface area (Å²) in [6.45, 7) is 7.14. The van der Waals surface area contributed by atoms with Gasteiger partial charge in [-0.3, -0.25) is 0 Å². The van der Waals surface area contributed by atoms with Crippen molar-refractivity contribution in [2.75, 3.05) is 12.0 Å². The zero-order chi connectivity index (χ0) is 11.3. The highest BCUT2D eigenvalue weighted by Crippen LogP contribution is 2.28. The molecule has 4 unspecified atom stereocenters. The molecule has 90 valence electrons. The van der Waals surface area contributed by atoms with Gasteiger partial charge in [-0.05, 0) is 50.0 Å². The first kappa shape index (κ1) is 13.4. The molecular weight excluding hydrogens is 202 g/mol. The minimum absolute atomic E-state index is 0.690. The van der Waals surface area contributed by atoms with Gasteiger partial charge in [0, 0.05) is 12.1 Å². The molecular formula is C13H27NS. The first-order chi connectivity index (χ1) is 7.13. The third-order valence-electron chi connectivity index (χ3n) is 3.71. The van der Waals surface area contributed by atoms with Crippen LogP contribution in [0, 0.1) is 11.8 Å². The predicted octanol–water partition coefficient (Wildman–Crippen LogP) is 3.54. The predicted molar refractivity (Wildman–Crippen MR) is 71.6 cm³/mol. The normalized spacial score (nSPS) is 34.0. The molecule has 0 bridgehead atoms. The maximum atomic E-state index is 3.82. The Morgan fingerprint density at radius 3 is 2.73 bits per heavy atom. The van der Waals surface area contributed by atoms with Crippen LogP contribution in [-0.2, 0) is 0 Å². The van der Waals surface area contributed by atoms with Crippen LogP contribution >= 0.6 is 11.8 Å². The number of thioether (sulfide) groups is 1. The maximum Gasteiger partial charge on any atom is 0.00977 e. The third-order valence-corrected chi connectivity index (χ3v) is 4.36. The molecule has 0 radical (unpaired) electrons. The summed E-state index contributed by atoms with van der Waals surface area (Å²) in [4.78, 5) is 0. The van der Waals surface area contributed by atoms with E-state index in [1.807, 2.05) is 11.8 Å². The lowest BCUT2D eigenvalue weighted by atomic mass is 9.80. The minimum Gasteiger partial charge on any atom is -0.311 e. The molecule has 1 saturated carbocycles. The number of hydrogen-bond acceptors (Lipinski definition) is 2. The second kappa shape index (κ2) is 6.80. The van der Waals surface area contributed by atoms with Gasteiger partial charge < -0.3 is 5.32 Å². The average Bonchev–Trinajstić information content (AvgIpc) is 2.20. The van der Waals surface area contributed by atoms with Gasteiger partial charge in [0.1, 0.15) is 0 Å². The summed E-state index contributed by atoms with van der Waals surface area (Å²) in [5.74, 6) is 3.08. The molecule has 1 aliphatic carbocycles. The first-order valence-electron chi connectivity index (χ1n) is 6.38. The lowest BCUT2D eigenvalue weighted by Gasteiger charge is -2.35. The van der Waals surface area contributed by atoms with E-state index in [-0.39, 0.29) is 0 Å². The Balaban J connectivity index is 2.28. The van der Waals surface area contributed by atoms with Crippen LogP contribution in [0.4, 0.5) is 0 Å². The van der Waals surface area contributed by atoms with E-state index >= 15 is 0 Å². The SMILES string of the molecule is CSCCC(C)NC1CC(C)CCC1C. The standard InChI is InChI=1S/C13H27NS/c1-10-5-6-11(2)13(9-10)14-12(3)7-8-15-4/h10-14H,5-9H2,1-4H3. The van der Waals surface area contributed by atoms with Crippen LogP contribution in [0.25, 0.3) is 0 Å². The Bertz CT molecular complexity index is 172. The van der Waals surface area contributed by atoms with E-state index in [1.165, 1.54) is 31.4 Å². The molecule has 0 aromatic heterocycles.